The Balaban J connectivity index is 1.22. The van der Waals surface area contributed by atoms with E-state index in [0.29, 0.717) is 16.2 Å². The van der Waals surface area contributed by atoms with Crippen LogP contribution < -0.4 is 10.2 Å². The lowest BCUT2D eigenvalue weighted by Crippen LogP contribution is -2.36. The number of aromatic nitrogens is 2. The number of hydrogen-bond acceptors (Lipinski definition) is 7. The van der Waals surface area contributed by atoms with Gasteiger partial charge in [-0.05, 0) is 62.3 Å². The Bertz CT molecular complexity index is 1120. The fraction of sp³-hybridized carbons (Fsp3) is 0.435. The summed E-state index contributed by atoms with van der Waals surface area (Å²) < 4.78 is 0. The van der Waals surface area contributed by atoms with Crippen molar-refractivity contribution >= 4 is 55.8 Å². The Morgan fingerprint density at radius 3 is 2.81 bits per heavy atom. The number of nitrogens with zero attached hydrogens (tertiary/aromatic N) is 5. The topological polar surface area (TPSA) is 64.4 Å². The van der Waals surface area contributed by atoms with Gasteiger partial charge in [0.25, 0.3) is 0 Å². The van der Waals surface area contributed by atoms with Gasteiger partial charge in [0.15, 0.2) is 5.13 Å². The smallest absolute Gasteiger partial charge is 0.244 e. The zero-order chi connectivity index (χ0) is 22.2. The van der Waals surface area contributed by atoms with Gasteiger partial charge in [0.05, 0.1) is 0 Å². The van der Waals surface area contributed by atoms with E-state index in [1.54, 1.807) is 0 Å². The highest BCUT2D eigenvalue weighted by Gasteiger charge is 2.42. The van der Waals surface area contributed by atoms with Crippen LogP contribution in [0.3, 0.4) is 0 Å². The summed E-state index contributed by atoms with van der Waals surface area (Å²) in [5.41, 5.74) is 1.78. The maximum atomic E-state index is 12.7. The lowest BCUT2D eigenvalue weighted by molar-refractivity contribution is -0.116. The molecule has 168 valence electrons. The van der Waals surface area contributed by atoms with Gasteiger partial charge in [-0.15, -0.1) is 0 Å². The van der Waals surface area contributed by atoms with Gasteiger partial charge in [-0.25, -0.2) is 9.97 Å². The van der Waals surface area contributed by atoms with E-state index in [9.17, 15) is 4.79 Å². The molecule has 1 N–H and O–H groups in total. The van der Waals surface area contributed by atoms with Crippen LogP contribution >= 0.6 is 22.9 Å². The molecule has 2 saturated heterocycles. The van der Waals surface area contributed by atoms with Crippen LogP contribution in [0.1, 0.15) is 19.8 Å². The van der Waals surface area contributed by atoms with Gasteiger partial charge in [-0.2, -0.15) is 0 Å². The molecule has 7 nitrogen and oxygen atoms in total. The molecular weight excluding hydrogens is 444 g/mol. The van der Waals surface area contributed by atoms with Gasteiger partial charge in [0.1, 0.15) is 22.2 Å². The van der Waals surface area contributed by atoms with E-state index >= 15 is 0 Å². The Kier molecular flexibility index (Phi) is 6.03. The number of anilines is 3. The zero-order valence-corrected chi connectivity index (χ0v) is 19.9. The summed E-state index contributed by atoms with van der Waals surface area (Å²) in [5.74, 6) is 0.843. The number of carbonyl (C=O) groups is 1. The molecule has 3 atom stereocenters. The molecule has 2 fully saturated rings. The van der Waals surface area contributed by atoms with Gasteiger partial charge in [-0.3, -0.25) is 14.6 Å². The first-order chi connectivity index (χ1) is 15.5. The quantitative estimate of drug-likeness (QED) is 0.521. The molecule has 2 aliphatic heterocycles. The molecule has 3 unspecified atom stereocenters. The van der Waals surface area contributed by atoms with Crippen molar-refractivity contribution in [1.82, 2.24) is 19.8 Å². The van der Waals surface area contributed by atoms with Gasteiger partial charge in [0.2, 0.25) is 5.91 Å². The largest absolute Gasteiger partial charge is 0.329 e. The van der Waals surface area contributed by atoms with Crippen molar-refractivity contribution < 1.29 is 4.79 Å². The van der Waals surface area contributed by atoms with E-state index < -0.39 is 0 Å². The number of carbonyl (C=O) groups excluding carboxylic acids is 1. The zero-order valence-electron chi connectivity index (χ0n) is 18.3. The van der Waals surface area contributed by atoms with Crippen molar-refractivity contribution in [3.8, 4) is 0 Å². The average molecular weight is 471 g/mol. The second-order valence-electron chi connectivity index (χ2n) is 8.43. The van der Waals surface area contributed by atoms with Crippen molar-refractivity contribution in [2.45, 2.75) is 31.8 Å². The number of hydrogen-bond donors (Lipinski definition) is 1. The molecule has 1 amide bonds. The molecule has 0 saturated carbocycles. The number of pyridine rings is 1. The Morgan fingerprint density at radius 2 is 2.03 bits per heavy atom. The average Bonchev–Trinajstić information content (AvgIpc) is 3.22. The standard InChI is InChI=1S/C23H27ClN6OS/c1-3-29-12-4-5-17(29)13-30-14-19(30)21(31)27-23-25-18-10-11-20(26-22(18)32-23)28(2)16-8-6-15(24)7-9-16/h6-11,17,19H,3-5,12-14H2,1-2H3,(H,25,27,31). The third-order valence-electron chi connectivity index (χ3n) is 6.40. The summed E-state index contributed by atoms with van der Waals surface area (Å²) in [6.07, 6.45) is 2.49. The molecular formula is C23H27ClN6OS. The van der Waals surface area contributed by atoms with Gasteiger partial charge in [-0.1, -0.05) is 29.9 Å². The minimum absolute atomic E-state index is 0.0311. The Morgan fingerprint density at radius 1 is 1.22 bits per heavy atom. The summed E-state index contributed by atoms with van der Waals surface area (Å²) in [5, 5.41) is 4.31. The predicted molar refractivity (Wildman–Crippen MR) is 131 cm³/mol. The second-order valence-corrected chi connectivity index (χ2v) is 9.85. The van der Waals surface area contributed by atoms with Gasteiger partial charge in [0, 0.05) is 36.9 Å². The number of nitrogens with one attached hydrogen (secondary N) is 1. The number of amides is 1. The van der Waals surface area contributed by atoms with Crippen LogP contribution in [0.4, 0.5) is 16.6 Å². The highest BCUT2D eigenvalue weighted by molar-refractivity contribution is 7.22. The second kappa shape index (κ2) is 8.94. The van der Waals surface area contributed by atoms with Crippen LogP contribution in [0.15, 0.2) is 36.4 Å². The van der Waals surface area contributed by atoms with E-state index in [4.69, 9.17) is 16.6 Å². The van der Waals surface area contributed by atoms with E-state index in [1.807, 2.05) is 48.3 Å². The van der Waals surface area contributed by atoms with Crippen LogP contribution in [-0.4, -0.2) is 71.0 Å². The normalized spacial score (nSPS) is 22.9. The number of fused-ring (bicyclic) bond motifs is 1. The molecule has 9 heteroatoms. The monoisotopic (exact) mass is 470 g/mol. The molecule has 32 heavy (non-hydrogen) atoms. The van der Waals surface area contributed by atoms with Crippen LogP contribution in [0.5, 0.6) is 0 Å². The Labute approximate surface area is 197 Å². The first-order valence-corrected chi connectivity index (χ1v) is 12.3. The minimum atomic E-state index is -0.0409. The van der Waals surface area contributed by atoms with E-state index in [0.717, 1.165) is 41.5 Å². The highest BCUT2D eigenvalue weighted by atomic mass is 35.5. The molecule has 1 aromatic carbocycles. The third-order valence-corrected chi connectivity index (χ3v) is 7.53. The predicted octanol–water partition coefficient (Wildman–Crippen LogP) is 4.22. The van der Waals surface area contributed by atoms with Crippen LogP contribution in [-0.2, 0) is 4.79 Å². The SMILES string of the molecule is CCN1CCCC1CN1CC1C(=O)Nc1nc2ccc(N(C)c3ccc(Cl)cc3)nc2s1. The molecule has 0 spiro atoms. The number of thiazole rings is 1. The van der Waals surface area contributed by atoms with Crippen molar-refractivity contribution in [3.05, 3.63) is 41.4 Å². The van der Waals surface area contributed by atoms with Crippen LogP contribution in [0, 0.1) is 0 Å². The maximum absolute atomic E-state index is 12.7. The molecule has 0 radical (unpaired) electrons. The number of benzene rings is 1. The van der Waals surface area contributed by atoms with Gasteiger partial charge >= 0.3 is 0 Å². The molecule has 2 aliphatic rings. The fourth-order valence-corrected chi connectivity index (χ4v) is 5.41. The number of halogens is 1. The first-order valence-electron chi connectivity index (χ1n) is 11.1. The van der Waals surface area contributed by atoms with Gasteiger partial charge < -0.3 is 10.2 Å². The Hall–Kier alpha value is -2.26. The highest BCUT2D eigenvalue weighted by Crippen LogP contribution is 2.31. The van der Waals surface area contributed by atoms with Crippen molar-refractivity contribution in [2.75, 3.05) is 43.4 Å². The molecule has 3 aromatic rings. The van der Waals surface area contributed by atoms with E-state index in [2.05, 4.69) is 27.0 Å². The lowest BCUT2D eigenvalue weighted by Gasteiger charge is -2.23. The number of likely N-dealkylation sites (tertiary alicyclic amines) is 1. The third kappa shape index (κ3) is 4.45. The summed E-state index contributed by atoms with van der Waals surface area (Å²) in [4.78, 5) is 29.6. The molecule has 0 bridgehead atoms. The summed E-state index contributed by atoms with van der Waals surface area (Å²) in [6.45, 7) is 6.29. The minimum Gasteiger partial charge on any atom is -0.329 e. The van der Waals surface area contributed by atoms with Crippen LogP contribution in [0.25, 0.3) is 10.3 Å². The lowest BCUT2D eigenvalue weighted by atomic mass is 10.2. The van der Waals surface area contributed by atoms with E-state index in [1.165, 1.54) is 30.7 Å². The summed E-state index contributed by atoms with van der Waals surface area (Å²) >= 11 is 7.40. The summed E-state index contributed by atoms with van der Waals surface area (Å²) in [6, 6.07) is 12.1. The fourth-order valence-electron chi connectivity index (χ4n) is 4.45. The van der Waals surface area contributed by atoms with E-state index in [-0.39, 0.29) is 11.9 Å². The molecule has 5 rings (SSSR count). The first kappa shape index (κ1) is 21.6. The summed E-state index contributed by atoms with van der Waals surface area (Å²) in [7, 11) is 1.97. The van der Waals surface area contributed by atoms with Crippen molar-refractivity contribution in [3.63, 3.8) is 0 Å². The molecule has 2 aromatic heterocycles. The maximum Gasteiger partial charge on any atom is 0.244 e. The van der Waals surface area contributed by atoms with Crippen molar-refractivity contribution in [1.29, 1.82) is 0 Å². The van der Waals surface area contributed by atoms with Crippen molar-refractivity contribution in [2.24, 2.45) is 0 Å². The molecule has 0 aliphatic carbocycles. The van der Waals surface area contributed by atoms with Crippen LogP contribution in [0.2, 0.25) is 5.02 Å². The number of rotatable bonds is 7. The number of likely N-dealkylation sites (N-methyl/N-ethyl adjacent to an activating group) is 1. The molecule has 4 heterocycles.